The molecule has 1 aromatic heterocycles. The molecule has 1 atom stereocenters. The lowest BCUT2D eigenvalue weighted by Crippen LogP contribution is -2.21. The summed E-state index contributed by atoms with van der Waals surface area (Å²) in [7, 11) is 0. The zero-order valence-corrected chi connectivity index (χ0v) is 9.63. The summed E-state index contributed by atoms with van der Waals surface area (Å²) in [4.78, 5) is 0. The summed E-state index contributed by atoms with van der Waals surface area (Å²) in [6, 6.07) is -0.0344. The SMILES string of the molecule is Cc1nn(C(C)C)c(C)c1[C@@H](O)C(F)(F)F. The molecular formula is C10H15F3N2O. The van der Waals surface area contributed by atoms with Gasteiger partial charge >= 0.3 is 6.18 Å². The topological polar surface area (TPSA) is 38.0 Å². The number of aryl methyl sites for hydroxylation is 1. The maximum Gasteiger partial charge on any atom is 0.418 e. The van der Waals surface area contributed by atoms with Crippen molar-refractivity contribution in [2.75, 3.05) is 0 Å². The number of halogens is 3. The molecule has 1 aromatic rings. The van der Waals surface area contributed by atoms with Crippen LogP contribution in [-0.2, 0) is 0 Å². The largest absolute Gasteiger partial charge is 0.418 e. The molecule has 1 heterocycles. The number of aliphatic hydroxyl groups is 1. The molecule has 92 valence electrons. The second-order valence-corrected chi connectivity index (χ2v) is 4.07. The highest BCUT2D eigenvalue weighted by Gasteiger charge is 2.42. The van der Waals surface area contributed by atoms with Gasteiger partial charge in [-0.05, 0) is 27.7 Å². The van der Waals surface area contributed by atoms with E-state index in [-0.39, 0.29) is 17.3 Å². The van der Waals surface area contributed by atoms with Gasteiger partial charge in [0.2, 0.25) is 0 Å². The summed E-state index contributed by atoms with van der Waals surface area (Å²) >= 11 is 0. The Balaban J connectivity index is 3.25. The minimum atomic E-state index is -4.65. The van der Waals surface area contributed by atoms with E-state index in [1.54, 1.807) is 0 Å². The Bertz CT molecular complexity index is 382. The average molecular weight is 236 g/mol. The lowest BCUT2D eigenvalue weighted by Gasteiger charge is -2.15. The van der Waals surface area contributed by atoms with Crippen molar-refractivity contribution >= 4 is 0 Å². The van der Waals surface area contributed by atoms with Crippen molar-refractivity contribution in [3.63, 3.8) is 0 Å². The zero-order valence-electron chi connectivity index (χ0n) is 9.63. The van der Waals surface area contributed by atoms with E-state index in [9.17, 15) is 18.3 Å². The molecule has 0 fully saturated rings. The second kappa shape index (κ2) is 4.08. The Kier molecular flexibility index (Phi) is 3.33. The van der Waals surface area contributed by atoms with Crippen LogP contribution in [0.1, 0.15) is 42.9 Å². The molecule has 0 aromatic carbocycles. The molecule has 1 N–H and O–H groups in total. The fourth-order valence-corrected chi connectivity index (χ4v) is 1.74. The van der Waals surface area contributed by atoms with E-state index in [0.717, 1.165) is 0 Å². The summed E-state index contributed by atoms with van der Waals surface area (Å²) in [6.45, 7) is 6.65. The van der Waals surface area contributed by atoms with Gasteiger partial charge in [-0.25, -0.2) is 0 Å². The van der Waals surface area contributed by atoms with Gasteiger partial charge in [0, 0.05) is 17.3 Å². The van der Waals surface area contributed by atoms with Crippen LogP contribution in [0.3, 0.4) is 0 Å². The van der Waals surface area contributed by atoms with Crippen LogP contribution in [0.5, 0.6) is 0 Å². The third-order valence-electron chi connectivity index (χ3n) is 2.45. The molecule has 6 heteroatoms. The van der Waals surface area contributed by atoms with Gasteiger partial charge in [-0.1, -0.05) is 0 Å². The van der Waals surface area contributed by atoms with Crippen molar-refractivity contribution in [2.24, 2.45) is 0 Å². The van der Waals surface area contributed by atoms with E-state index < -0.39 is 12.3 Å². The van der Waals surface area contributed by atoms with E-state index in [4.69, 9.17) is 0 Å². The van der Waals surface area contributed by atoms with Crippen molar-refractivity contribution in [1.82, 2.24) is 9.78 Å². The van der Waals surface area contributed by atoms with Crippen LogP contribution in [-0.4, -0.2) is 21.1 Å². The number of aromatic nitrogens is 2. The van der Waals surface area contributed by atoms with Crippen molar-refractivity contribution in [3.8, 4) is 0 Å². The monoisotopic (exact) mass is 236 g/mol. The fourth-order valence-electron chi connectivity index (χ4n) is 1.74. The first-order valence-corrected chi connectivity index (χ1v) is 4.96. The fraction of sp³-hybridized carbons (Fsp3) is 0.700. The third-order valence-corrected chi connectivity index (χ3v) is 2.45. The van der Waals surface area contributed by atoms with Crippen LogP contribution in [0.2, 0.25) is 0 Å². The summed E-state index contributed by atoms with van der Waals surface area (Å²) in [5.74, 6) is 0. The molecule has 0 saturated heterocycles. The Labute approximate surface area is 91.9 Å². The van der Waals surface area contributed by atoms with Crippen molar-refractivity contribution in [2.45, 2.75) is 46.0 Å². The van der Waals surface area contributed by atoms with Crippen LogP contribution < -0.4 is 0 Å². The predicted molar refractivity (Wildman–Crippen MR) is 53.1 cm³/mol. The van der Waals surface area contributed by atoms with Crippen LogP contribution in [0.15, 0.2) is 0 Å². The third kappa shape index (κ3) is 2.21. The van der Waals surface area contributed by atoms with E-state index in [1.807, 2.05) is 13.8 Å². The Hall–Kier alpha value is -1.04. The van der Waals surface area contributed by atoms with Gasteiger partial charge in [0.05, 0.1) is 5.69 Å². The van der Waals surface area contributed by atoms with E-state index in [1.165, 1.54) is 18.5 Å². The number of nitrogens with zero attached hydrogens (tertiary/aromatic N) is 2. The van der Waals surface area contributed by atoms with Gasteiger partial charge < -0.3 is 5.11 Å². The molecule has 0 amide bonds. The molecule has 0 aliphatic heterocycles. The summed E-state index contributed by atoms with van der Waals surface area (Å²) in [6.07, 6.45) is -7.11. The first-order chi connectivity index (χ1) is 7.16. The number of alkyl halides is 3. The van der Waals surface area contributed by atoms with Gasteiger partial charge in [0.15, 0.2) is 6.10 Å². The van der Waals surface area contributed by atoms with Gasteiger partial charge in [-0.3, -0.25) is 4.68 Å². The normalized spacial score (nSPS) is 14.6. The van der Waals surface area contributed by atoms with Crippen molar-refractivity contribution < 1.29 is 18.3 Å². The molecule has 0 unspecified atom stereocenters. The standard InChI is InChI=1S/C10H15F3N2O/c1-5(2)15-7(4)8(6(3)14-15)9(16)10(11,12)13/h5,9,16H,1-4H3/t9-/m1/s1. The van der Waals surface area contributed by atoms with Crippen molar-refractivity contribution in [3.05, 3.63) is 17.0 Å². The quantitative estimate of drug-likeness (QED) is 0.857. The average Bonchev–Trinajstić information content (AvgIpc) is 2.39. The lowest BCUT2D eigenvalue weighted by atomic mass is 10.1. The van der Waals surface area contributed by atoms with Gasteiger partial charge in [0.25, 0.3) is 0 Å². The summed E-state index contributed by atoms with van der Waals surface area (Å²) < 4.78 is 38.7. The molecule has 3 nitrogen and oxygen atoms in total. The first-order valence-electron chi connectivity index (χ1n) is 4.96. The van der Waals surface area contributed by atoms with E-state index in [0.29, 0.717) is 5.69 Å². The number of hydrogen-bond acceptors (Lipinski definition) is 2. The lowest BCUT2D eigenvalue weighted by molar-refractivity contribution is -0.207. The Morgan fingerprint density at radius 2 is 1.75 bits per heavy atom. The molecule has 0 aliphatic rings. The first kappa shape index (κ1) is 13.0. The van der Waals surface area contributed by atoms with Crippen LogP contribution in [0.4, 0.5) is 13.2 Å². The molecule has 0 radical (unpaired) electrons. The molecule has 0 saturated carbocycles. The maximum atomic E-state index is 12.4. The van der Waals surface area contributed by atoms with Gasteiger partial charge in [-0.15, -0.1) is 0 Å². The van der Waals surface area contributed by atoms with Crippen molar-refractivity contribution in [1.29, 1.82) is 0 Å². The summed E-state index contributed by atoms with van der Waals surface area (Å²) in [5, 5.41) is 13.2. The highest BCUT2D eigenvalue weighted by Crippen LogP contribution is 2.36. The molecule has 1 rings (SSSR count). The Morgan fingerprint density at radius 1 is 1.25 bits per heavy atom. The zero-order chi connectivity index (χ0) is 12.7. The molecule has 16 heavy (non-hydrogen) atoms. The highest BCUT2D eigenvalue weighted by atomic mass is 19.4. The van der Waals surface area contributed by atoms with Crippen LogP contribution >= 0.6 is 0 Å². The van der Waals surface area contributed by atoms with Crippen LogP contribution in [0.25, 0.3) is 0 Å². The molecule has 0 aliphatic carbocycles. The second-order valence-electron chi connectivity index (χ2n) is 4.07. The van der Waals surface area contributed by atoms with Gasteiger partial charge in [-0.2, -0.15) is 18.3 Å². The summed E-state index contributed by atoms with van der Waals surface area (Å²) in [5.41, 5.74) is 0.439. The minimum absolute atomic E-state index is 0.0344. The molecular weight excluding hydrogens is 221 g/mol. The predicted octanol–water partition coefficient (Wildman–Crippen LogP) is 2.68. The minimum Gasteiger partial charge on any atom is -0.379 e. The van der Waals surface area contributed by atoms with E-state index in [2.05, 4.69) is 5.10 Å². The number of hydrogen-bond donors (Lipinski definition) is 1. The van der Waals surface area contributed by atoms with Crippen LogP contribution in [0, 0.1) is 13.8 Å². The maximum absolute atomic E-state index is 12.4. The number of aliphatic hydroxyl groups excluding tert-OH is 1. The van der Waals surface area contributed by atoms with Gasteiger partial charge in [0.1, 0.15) is 0 Å². The highest BCUT2D eigenvalue weighted by molar-refractivity contribution is 5.28. The Morgan fingerprint density at radius 3 is 2.06 bits per heavy atom. The molecule has 0 bridgehead atoms. The van der Waals surface area contributed by atoms with E-state index >= 15 is 0 Å². The molecule has 0 spiro atoms. The number of rotatable bonds is 2. The smallest absolute Gasteiger partial charge is 0.379 e.